The zero-order valence-corrected chi connectivity index (χ0v) is 16.6. The number of nitrogens with one attached hydrogen (secondary N) is 1. The van der Waals surface area contributed by atoms with E-state index in [2.05, 4.69) is 29.2 Å². The number of hydrogen-bond acceptors (Lipinski definition) is 6. The second kappa shape index (κ2) is 11.2. The molecule has 2 rings (SSSR count). The maximum absolute atomic E-state index is 12.6. The quantitative estimate of drug-likeness (QED) is 0.645. The molecule has 2 heterocycles. The van der Waals surface area contributed by atoms with Crippen LogP contribution in [0.15, 0.2) is 16.9 Å². The Morgan fingerprint density at radius 2 is 2.00 bits per heavy atom. The molecule has 1 aliphatic rings. The summed E-state index contributed by atoms with van der Waals surface area (Å²) in [5, 5.41) is 7.18. The fourth-order valence-electron chi connectivity index (χ4n) is 3.53. The van der Waals surface area contributed by atoms with Crippen LogP contribution in [0.5, 0.6) is 0 Å². The first kappa shape index (κ1) is 21.5. The van der Waals surface area contributed by atoms with Crippen molar-refractivity contribution in [2.24, 2.45) is 5.92 Å². The van der Waals surface area contributed by atoms with Crippen molar-refractivity contribution in [3.8, 4) is 0 Å². The molecule has 1 N–H and O–H groups in total. The van der Waals surface area contributed by atoms with Crippen molar-refractivity contribution >= 4 is 5.91 Å². The van der Waals surface area contributed by atoms with Gasteiger partial charge in [0.1, 0.15) is 5.69 Å². The Morgan fingerprint density at radius 1 is 1.30 bits per heavy atom. The number of amides is 1. The molecule has 1 fully saturated rings. The zero-order chi connectivity index (χ0) is 19.6. The van der Waals surface area contributed by atoms with Gasteiger partial charge in [0, 0.05) is 38.9 Å². The third-order valence-electron chi connectivity index (χ3n) is 5.19. The van der Waals surface area contributed by atoms with Crippen LogP contribution in [0.25, 0.3) is 0 Å². The molecule has 152 valence electrons. The van der Waals surface area contributed by atoms with Gasteiger partial charge in [0.15, 0.2) is 0 Å². The number of nitrogens with zero attached hydrogens (tertiary/aromatic N) is 3. The van der Waals surface area contributed by atoms with E-state index in [4.69, 9.17) is 9.47 Å². The van der Waals surface area contributed by atoms with Crippen LogP contribution in [-0.4, -0.2) is 73.2 Å². The fraction of sp³-hybridized carbons (Fsp3) is 0.737. The Hall–Kier alpha value is -1.77. The number of ether oxygens (including phenoxy) is 2. The molecule has 1 aliphatic heterocycles. The molecule has 8 nitrogen and oxygen atoms in total. The Labute approximate surface area is 160 Å². The fourth-order valence-corrected chi connectivity index (χ4v) is 3.53. The molecule has 0 unspecified atom stereocenters. The number of carbonyl (C=O) groups is 1. The Morgan fingerprint density at radius 3 is 2.63 bits per heavy atom. The van der Waals surface area contributed by atoms with Crippen LogP contribution in [0.2, 0.25) is 0 Å². The summed E-state index contributed by atoms with van der Waals surface area (Å²) in [4.78, 5) is 26.9. The summed E-state index contributed by atoms with van der Waals surface area (Å²) in [6, 6.07) is 3.12. The molecule has 8 heteroatoms. The number of methoxy groups -OCH3 is 1. The van der Waals surface area contributed by atoms with Gasteiger partial charge in [-0.15, -0.1) is 0 Å². The summed E-state index contributed by atoms with van der Waals surface area (Å²) in [6.07, 6.45) is 2.13. The first-order valence-electron chi connectivity index (χ1n) is 9.77. The third-order valence-corrected chi connectivity index (χ3v) is 5.19. The van der Waals surface area contributed by atoms with Crippen LogP contribution >= 0.6 is 0 Å². The van der Waals surface area contributed by atoms with Crippen molar-refractivity contribution in [3.63, 3.8) is 0 Å². The molecule has 1 aromatic heterocycles. The predicted octanol–water partition coefficient (Wildman–Crippen LogP) is 0.757. The molecule has 27 heavy (non-hydrogen) atoms. The number of rotatable bonds is 10. The summed E-state index contributed by atoms with van der Waals surface area (Å²) < 4.78 is 11.7. The van der Waals surface area contributed by atoms with E-state index in [0.717, 1.165) is 39.1 Å². The van der Waals surface area contributed by atoms with E-state index in [-0.39, 0.29) is 23.2 Å². The first-order valence-corrected chi connectivity index (χ1v) is 9.77. The van der Waals surface area contributed by atoms with Gasteiger partial charge < -0.3 is 14.8 Å². The van der Waals surface area contributed by atoms with Crippen LogP contribution in [0.4, 0.5) is 0 Å². The summed E-state index contributed by atoms with van der Waals surface area (Å²) in [5.74, 6) is 0.248. The number of aromatic nitrogens is 2. The number of hydrogen-bond donors (Lipinski definition) is 1. The monoisotopic (exact) mass is 380 g/mol. The molecule has 1 amide bonds. The van der Waals surface area contributed by atoms with Gasteiger partial charge in [-0.3, -0.25) is 14.5 Å². The van der Waals surface area contributed by atoms with Crippen molar-refractivity contribution in [2.45, 2.75) is 39.3 Å². The van der Waals surface area contributed by atoms with Gasteiger partial charge in [0.25, 0.3) is 11.5 Å². The summed E-state index contributed by atoms with van der Waals surface area (Å²) in [6.45, 7) is 8.87. The largest absolute Gasteiger partial charge is 0.383 e. The van der Waals surface area contributed by atoms with Crippen molar-refractivity contribution in [3.05, 3.63) is 28.2 Å². The van der Waals surface area contributed by atoms with Gasteiger partial charge in [-0.2, -0.15) is 5.10 Å². The second-order valence-corrected chi connectivity index (χ2v) is 6.78. The van der Waals surface area contributed by atoms with Gasteiger partial charge in [0.05, 0.1) is 26.4 Å². The zero-order valence-electron chi connectivity index (χ0n) is 16.6. The molecular formula is C19H32N4O4. The maximum atomic E-state index is 12.6. The Kier molecular flexibility index (Phi) is 8.90. The lowest BCUT2D eigenvalue weighted by atomic mass is 9.92. The molecule has 0 bridgehead atoms. The normalized spacial score (nSPS) is 16.4. The number of morpholine rings is 1. The van der Waals surface area contributed by atoms with E-state index < -0.39 is 0 Å². The first-order chi connectivity index (χ1) is 13.1. The lowest BCUT2D eigenvalue weighted by Gasteiger charge is -2.38. The Balaban J connectivity index is 2.04. The summed E-state index contributed by atoms with van der Waals surface area (Å²) in [5.41, 5.74) is 0.00259. The molecule has 1 saturated heterocycles. The van der Waals surface area contributed by atoms with Crippen LogP contribution < -0.4 is 10.9 Å². The van der Waals surface area contributed by atoms with Crippen molar-refractivity contribution in [1.82, 2.24) is 20.0 Å². The van der Waals surface area contributed by atoms with E-state index in [9.17, 15) is 9.59 Å². The molecular weight excluding hydrogens is 348 g/mol. The second-order valence-electron chi connectivity index (χ2n) is 6.78. The average molecular weight is 380 g/mol. The lowest BCUT2D eigenvalue weighted by molar-refractivity contribution is 0.00189. The van der Waals surface area contributed by atoms with Gasteiger partial charge in [-0.25, -0.2) is 4.68 Å². The highest BCUT2D eigenvalue weighted by Gasteiger charge is 2.27. The van der Waals surface area contributed by atoms with Gasteiger partial charge in [-0.05, 0) is 12.0 Å². The van der Waals surface area contributed by atoms with E-state index in [0.29, 0.717) is 25.6 Å². The molecule has 0 aliphatic carbocycles. The van der Waals surface area contributed by atoms with Crippen LogP contribution in [0, 0.1) is 5.92 Å². The third kappa shape index (κ3) is 6.12. The minimum Gasteiger partial charge on any atom is -0.383 e. The average Bonchev–Trinajstić information content (AvgIpc) is 2.71. The molecule has 0 radical (unpaired) electrons. The molecule has 1 aromatic rings. The van der Waals surface area contributed by atoms with Crippen molar-refractivity contribution in [1.29, 1.82) is 0 Å². The minimum absolute atomic E-state index is 0.244. The predicted molar refractivity (Wildman–Crippen MR) is 103 cm³/mol. The molecule has 0 aromatic carbocycles. The van der Waals surface area contributed by atoms with Crippen LogP contribution in [0.3, 0.4) is 0 Å². The van der Waals surface area contributed by atoms with Gasteiger partial charge in [-0.1, -0.05) is 26.7 Å². The van der Waals surface area contributed by atoms with Crippen LogP contribution in [0.1, 0.15) is 37.2 Å². The van der Waals surface area contributed by atoms with Crippen LogP contribution in [-0.2, 0) is 16.0 Å². The summed E-state index contributed by atoms with van der Waals surface area (Å²) >= 11 is 0. The van der Waals surface area contributed by atoms with Gasteiger partial charge >= 0.3 is 0 Å². The SMILES string of the molecule is CCC(CC)[C@H](CNC(=O)c1ccc(=O)n(CCOC)n1)N1CCOCC1. The van der Waals surface area contributed by atoms with Crippen molar-refractivity contribution in [2.75, 3.05) is 46.6 Å². The Bertz CT molecular complexity index is 639. The van der Waals surface area contributed by atoms with Crippen molar-refractivity contribution < 1.29 is 14.3 Å². The minimum atomic E-state index is -0.259. The molecule has 0 spiro atoms. The lowest BCUT2D eigenvalue weighted by Crippen LogP contribution is -2.52. The number of carbonyl (C=O) groups excluding carboxylic acids is 1. The highest BCUT2D eigenvalue weighted by atomic mass is 16.5. The van der Waals surface area contributed by atoms with E-state index in [1.165, 1.54) is 16.8 Å². The molecule has 1 atom stereocenters. The topological polar surface area (TPSA) is 85.7 Å². The smallest absolute Gasteiger partial charge is 0.271 e. The van der Waals surface area contributed by atoms with E-state index in [1.54, 1.807) is 7.11 Å². The summed E-state index contributed by atoms with van der Waals surface area (Å²) in [7, 11) is 1.56. The van der Waals surface area contributed by atoms with E-state index in [1.807, 2.05) is 0 Å². The molecule has 0 saturated carbocycles. The van der Waals surface area contributed by atoms with E-state index >= 15 is 0 Å². The maximum Gasteiger partial charge on any atom is 0.271 e. The standard InChI is InChI=1S/C19H32N4O4/c1-4-15(5-2)17(22-8-12-27-13-9-22)14-20-19(25)16-6-7-18(24)23(21-16)10-11-26-3/h6-7,15,17H,4-5,8-14H2,1-3H3,(H,20,25)/t17-/m0/s1. The highest BCUT2D eigenvalue weighted by molar-refractivity contribution is 5.92. The van der Waals surface area contributed by atoms with Gasteiger partial charge in [0.2, 0.25) is 0 Å². The highest BCUT2D eigenvalue weighted by Crippen LogP contribution is 2.19.